The van der Waals surface area contributed by atoms with Crippen LogP contribution >= 0.6 is 0 Å². The maximum absolute atomic E-state index is 4.38. The highest BCUT2D eigenvalue weighted by atomic mass is 14.9. The molecule has 1 aromatic rings. The van der Waals surface area contributed by atoms with Crippen molar-refractivity contribution in [2.24, 2.45) is 0 Å². The van der Waals surface area contributed by atoms with Crippen LogP contribution in [0.1, 0.15) is 30.9 Å². The van der Waals surface area contributed by atoms with E-state index in [0.717, 1.165) is 23.5 Å². The Labute approximate surface area is 85.3 Å². The number of aryl methyl sites for hydroxylation is 1. The monoisotopic (exact) mass is 191 g/mol. The summed E-state index contributed by atoms with van der Waals surface area (Å²) >= 11 is 0. The summed E-state index contributed by atoms with van der Waals surface area (Å²) in [4.78, 5) is 8.46. The van der Waals surface area contributed by atoms with Gasteiger partial charge < -0.3 is 5.32 Å². The fourth-order valence-corrected chi connectivity index (χ4v) is 1.37. The van der Waals surface area contributed by atoms with Crippen molar-refractivity contribution in [2.45, 2.75) is 26.3 Å². The largest absolute Gasteiger partial charge is 0.311 e. The molecule has 14 heavy (non-hydrogen) atoms. The molecule has 0 aliphatic rings. The van der Waals surface area contributed by atoms with Gasteiger partial charge in [-0.3, -0.25) is 0 Å². The van der Waals surface area contributed by atoms with E-state index < -0.39 is 0 Å². The van der Waals surface area contributed by atoms with E-state index in [1.165, 1.54) is 0 Å². The molecule has 1 unspecified atom stereocenters. The summed E-state index contributed by atoms with van der Waals surface area (Å²) in [6, 6.07) is 2.19. The summed E-state index contributed by atoms with van der Waals surface area (Å²) < 4.78 is 0. The van der Waals surface area contributed by atoms with Gasteiger partial charge in [-0.25, -0.2) is 9.97 Å². The lowest BCUT2D eigenvalue weighted by Crippen LogP contribution is -2.18. The Morgan fingerprint density at radius 3 is 2.86 bits per heavy atom. The number of rotatable bonds is 4. The topological polar surface area (TPSA) is 37.8 Å². The lowest BCUT2D eigenvalue weighted by molar-refractivity contribution is 0.570. The minimum atomic E-state index is 0.245. The van der Waals surface area contributed by atoms with Crippen LogP contribution in [0.5, 0.6) is 0 Å². The molecule has 0 aromatic carbocycles. The van der Waals surface area contributed by atoms with Crippen LogP contribution in [0.3, 0.4) is 0 Å². The second-order valence-corrected chi connectivity index (χ2v) is 3.53. The second kappa shape index (κ2) is 4.86. The van der Waals surface area contributed by atoms with Crippen LogP contribution in [0, 0.1) is 6.92 Å². The van der Waals surface area contributed by atoms with Crippen LogP contribution in [0.2, 0.25) is 0 Å². The summed E-state index contributed by atoms with van der Waals surface area (Å²) in [5.41, 5.74) is 2.18. The van der Waals surface area contributed by atoms with Gasteiger partial charge >= 0.3 is 0 Å². The molecule has 1 heterocycles. The van der Waals surface area contributed by atoms with Crippen molar-refractivity contribution in [3.8, 4) is 0 Å². The van der Waals surface area contributed by atoms with Gasteiger partial charge in [0.15, 0.2) is 0 Å². The molecule has 0 aliphatic heterocycles. The fraction of sp³-hybridized carbons (Fsp3) is 0.455. The molecule has 3 heteroatoms. The average molecular weight is 191 g/mol. The van der Waals surface area contributed by atoms with E-state index in [2.05, 4.69) is 21.9 Å². The standard InChI is InChI=1S/C11H17N3/c1-8(2)7-11(12-4)10-5-6-13-9(3)14-10/h5-6,11-12H,1,7H2,2-4H3. The Hall–Kier alpha value is -1.22. The second-order valence-electron chi connectivity index (χ2n) is 3.53. The minimum absolute atomic E-state index is 0.245. The lowest BCUT2D eigenvalue weighted by Gasteiger charge is -2.15. The fourth-order valence-electron chi connectivity index (χ4n) is 1.37. The van der Waals surface area contributed by atoms with E-state index in [1.807, 2.05) is 27.0 Å². The van der Waals surface area contributed by atoms with Gasteiger partial charge in [0.2, 0.25) is 0 Å². The van der Waals surface area contributed by atoms with E-state index in [-0.39, 0.29) is 6.04 Å². The van der Waals surface area contributed by atoms with Crippen LogP contribution < -0.4 is 5.32 Å². The maximum Gasteiger partial charge on any atom is 0.125 e. The number of nitrogens with zero attached hydrogens (tertiary/aromatic N) is 2. The van der Waals surface area contributed by atoms with E-state index in [0.29, 0.717) is 0 Å². The van der Waals surface area contributed by atoms with Crippen molar-refractivity contribution < 1.29 is 0 Å². The van der Waals surface area contributed by atoms with Gasteiger partial charge in [-0.2, -0.15) is 0 Å². The smallest absolute Gasteiger partial charge is 0.125 e. The first kappa shape index (κ1) is 10.9. The maximum atomic E-state index is 4.38. The van der Waals surface area contributed by atoms with Gasteiger partial charge in [0.25, 0.3) is 0 Å². The highest BCUT2D eigenvalue weighted by molar-refractivity contribution is 5.10. The predicted molar refractivity (Wildman–Crippen MR) is 58.0 cm³/mol. The van der Waals surface area contributed by atoms with E-state index in [4.69, 9.17) is 0 Å². The molecule has 1 rings (SSSR count). The Morgan fingerprint density at radius 1 is 1.64 bits per heavy atom. The van der Waals surface area contributed by atoms with Gasteiger partial charge in [-0.05, 0) is 33.4 Å². The number of aromatic nitrogens is 2. The van der Waals surface area contributed by atoms with Crippen molar-refractivity contribution in [1.29, 1.82) is 0 Å². The summed E-state index contributed by atoms with van der Waals surface area (Å²) in [5, 5.41) is 3.23. The number of hydrogen-bond donors (Lipinski definition) is 1. The highest BCUT2D eigenvalue weighted by Gasteiger charge is 2.10. The Kier molecular flexibility index (Phi) is 3.77. The molecule has 0 saturated heterocycles. The molecule has 0 radical (unpaired) electrons. The Balaban J connectivity index is 2.83. The first-order valence-corrected chi connectivity index (χ1v) is 4.74. The molecule has 1 aromatic heterocycles. The predicted octanol–water partition coefficient (Wildman–Crippen LogP) is 2.01. The molecule has 0 bridgehead atoms. The summed E-state index contributed by atoms with van der Waals surface area (Å²) in [6.45, 7) is 7.83. The molecule has 0 amide bonds. The summed E-state index contributed by atoms with van der Waals surface area (Å²) in [5.74, 6) is 0.810. The SMILES string of the molecule is C=C(C)CC(NC)c1ccnc(C)n1. The molecular weight excluding hydrogens is 174 g/mol. The van der Waals surface area contributed by atoms with Crippen molar-refractivity contribution >= 4 is 0 Å². The first-order chi connectivity index (χ1) is 6.63. The molecule has 0 saturated carbocycles. The zero-order valence-corrected chi connectivity index (χ0v) is 9.04. The Morgan fingerprint density at radius 2 is 2.36 bits per heavy atom. The third kappa shape index (κ3) is 2.92. The molecule has 0 spiro atoms. The zero-order valence-electron chi connectivity index (χ0n) is 9.04. The van der Waals surface area contributed by atoms with Crippen LogP contribution in [0.15, 0.2) is 24.4 Å². The third-order valence-corrected chi connectivity index (χ3v) is 2.06. The zero-order chi connectivity index (χ0) is 10.6. The van der Waals surface area contributed by atoms with Gasteiger partial charge in [-0.15, -0.1) is 6.58 Å². The van der Waals surface area contributed by atoms with Gasteiger partial charge in [0.05, 0.1) is 11.7 Å². The molecule has 76 valence electrons. The number of nitrogens with one attached hydrogen (secondary N) is 1. The van der Waals surface area contributed by atoms with Gasteiger partial charge in [-0.1, -0.05) is 5.57 Å². The molecule has 0 fully saturated rings. The molecular formula is C11H17N3. The third-order valence-electron chi connectivity index (χ3n) is 2.06. The van der Waals surface area contributed by atoms with Crippen LogP contribution in [-0.4, -0.2) is 17.0 Å². The lowest BCUT2D eigenvalue weighted by atomic mass is 10.1. The summed E-state index contributed by atoms with van der Waals surface area (Å²) in [7, 11) is 1.94. The van der Waals surface area contributed by atoms with E-state index in [9.17, 15) is 0 Å². The van der Waals surface area contributed by atoms with Crippen LogP contribution in [-0.2, 0) is 0 Å². The van der Waals surface area contributed by atoms with Gasteiger partial charge in [0.1, 0.15) is 5.82 Å². The average Bonchev–Trinajstić information content (AvgIpc) is 2.14. The van der Waals surface area contributed by atoms with E-state index in [1.54, 1.807) is 6.20 Å². The highest BCUT2D eigenvalue weighted by Crippen LogP contribution is 2.17. The van der Waals surface area contributed by atoms with Crippen molar-refractivity contribution in [3.05, 3.63) is 35.9 Å². The van der Waals surface area contributed by atoms with Crippen LogP contribution in [0.25, 0.3) is 0 Å². The van der Waals surface area contributed by atoms with Crippen molar-refractivity contribution in [3.63, 3.8) is 0 Å². The minimum Gasteiger partial charge on any atom is -0.311 e. The number of hydrogen-bond acceptors (Lipinski definition) is 3. The van der Waals surface area contributed by atoms with Crippen molar-refractivity contribution in [2.75, 3.05) is 7.05 Å². The van der Waals surface area contributed by atoms with E-state index >= 15 is 0 Å². The molecule has 3 nitrogen and oxygen atoms in total. The van der Waals surface area contributed by atoms with Gasteiger partial charge in [0, 0.05) is 6.20 Å². The molecule has 1 N–H and O–H groups in total. The Bertz CT molecular complexity index is 320. The summed E-state index contributed by atoms with van der Waals surface area (Å²) in [6.07, 6.45) is 2.70. The normalized spacial score (nSPS) is 12.5. The quantitative estimate of drug-likeness (QED) is 0.740. The van der Waals surface area contributed by atoms with Crippen molar-refractivity contribution in [1.82, 2.24) is 15.3 Å². The van der Waals surface area contributed by atoms with Crippen LogP contribution in [0.4, 0.5) is 0 Å². The first-order valence-electron chi connectivity index (χ1n) is 4.74. The molecule has 1 atom stereocenters. The molecule has 0 aliphatic carbocycles.